The molecule has 31 heavy (non-hydrogen) atoms. The molecule has 2 aliphatic heterocycles. The fraction of sp³-hybridized carbons (Fsp3) is 0.480. The molecule has 2 aromatic rings. The Morgan fingerprint density at radius 1 is 0.968 bits per heavy atom. The van der Waals surface area contributed by atoms with Crippen molar-refractivity contribution in [1.29, 1.82) is 0 Å². The lowest BCUT2D eigenvalue weighted by Gasteiger charge is -2.42. The van der Waals surface area contributed by atoms with Gasteiger partial charge in [-0.2, -0.15) is 0 Å². The van der Waals surface area contributed by atoms with E-state index in [1.807, 2.05) is 53.4 Å². The first-order chi connectivity index (χ1) is 15.0. The van der Waals surface area contributed by atoms with E-state index in [4.69, 9.17) is 0 Å². The fourth-order valence-corrected chi connectivity index (χ4v) is 4.63. The molecule has 0 N–H and O–H groups in total. The highest BCUT2D eigenvalue weighted by Crippen LogP contribution is 2.39. The van der Waals surface area contributed by atoms with Crippen molar-refractivity contribution >= 4 is 11.9 Å². The van der Waals surface area contributed by atoms with E-state index >= 15 is 0 Å². The molecule has 164 valence electrons. The zero-order valence-corrected chi connectivity index (χ0v) is 18.5. The molecule has 1 aromatic carbocycles. The third-order valence-electron chi connectivity index (χ3n) is 6.56. The van der Waals surface area contributed by atoms with Crippen LogP contribution in [0, 0.1) is 5.92 Å². The van der Waals surface area contributed by atoms with Crippen molar-refractivity contribution in [3.05, 3.63) is 66.0 Å². The van der Waals surface area contributed by atoms with Crippen LogP contribution >= 0.6 is 0 Å². The molecule has 0 unspecified atom stereocenters. The minimum absolute atomic E-state index is 0.0670. The van der Waals surface area contributed by atoms with E-state index in [2.05, 4.69) is 23.7 Å². The van der Waals surface area contributed by atoms with Crippen LogP contribution in [0.1, 0.15) is 44.4 Å². The highest BCUT2D eigenvalue weighted by atomic mass is 16.2. The zero-order valence-electron chi connectivity index (χ0n) is 18.5. The van der Waals surface area contributed by atoms with Crippen LogP contribution in [-0.2, 0) is 17.9 Å². The van der Waals surface area contributed by atoms with Gasteiger partial charge in [0.25, 0.3) is 5.91 Å². The number of carbonyl (C=O) groups is 2. The van der Waals surface area contributed by atoms with Crippen molar-refractivity contribution in [3.8, 4) is 0 Å². The summed E-state index contributed by atoms with van der Waals surface area (Å²) in [6, 6.07) is 15.4. The summed E-state index contributed by atoms with van der Waals surface area (Å²) in [5, 5.41) is 0. The molecule has 0 saturated carbocycles. The van der Waals surface area contributed by atoms with Crippen molar-refractivity contribution in [2.45, 2.75) is 51.7 Å². The number of pyridine rings is 1. The van der Waals surface area contributed by atoms with Crippen molar-refractivity contribution in [1.82, 2.24) is 19.7 Å². The molecule has 0 radical (unpaired) electrons. The molecule has 1 spiro atoms. The summed E-state index contributed by atoms with van der Waals surface area (Å²) in [6.45, 7) is 7.89. The number of benzene rings is 1. The molecular weight excluding hydrogens is 388 g/mol. The number of rotatable bonds is 7. The second kappa shape index (κ2) is 9.18. The molecular formula is C25H32N4O2. The molecule has 0 bridgehead atoms. The van der Waals surface area contributed by atoms with E-state index in [0.717, 1.165) is 37.3 Å². The van der Waals surface area contributed by atoms with Gasteiger partial charge in [-0.3, -0.25) is 14.7 Å². The lowest BCUT2D eigenvalue weighted by Crippen LogP contribution is -2.56. The summed E-state index contributed by atoms with van der Waals surface area (Å²) >= 11 is 0. The maximum Gasteiger partial charge on any atom is 0.328 e. The summed E-state index contributed by atoms with van der Waals surface area (Å²) in [5.74, 6) is 0.594. The largest absolute Gasteiger partial charge is 0.328 e. The summed E-state index contributed by atoms with van der Waals surface area (Å²) < 4.78 is 0. The number of likely N-dealkylation sites (tertiary alicyclic amines) is 1. The Hall–Kier alpha value is -2.73. The van der Waals surface area contributed by atoms with E-state index in [1.165, 1.54) is 4.90 Å². The van der Waals surface area contributed by atoms with Gasteiger partial charge in [0.15, 0.2) is 0 Å². The molecule has 4 rings (SSSR count). The Morgan fingerprint density at radius 2 is 1.68 bits per heavy atom. The molecule has 3 amide bonds. The molecule has 0 atom stereocenters. The van der Waals surface area contributed by atoms with Crippen molar-refractivity contribution < 1.29 is 9.59 Å². The highest BCUT2D eigenvalue weighted by Gasteiger charge is 2.57. The van der Waals surface area contributed by atoms with Gasteiger partial charge in [-0.15, -0.1) is 0 Å². The first-order valence-electron chi connectivity index (χ1n) is 11.3. The topological polar surface area (TPSA) is 56.8 Å². The van der Waals surface area contributed by atoms with Gasteiger partial charge in [0.2, 0.25) is 0 Å². The predicted octanol–water partition coefficient (Wildman–Crippen LogP) is 3.93. The Bertz CT molecular complexity index is 892. The molecule has 1 aromatic heterocycles. The average molecular weight is 421 g/mol. The number of nitrogens with zero attached hydrogens (tertiary/aromatic N) is 4. The molecule has 6 nitrogen and oxygen atoms in total. The number of urea groups is 1. The number of hydrogen-bond acceptors (Lipinski definition) is 4. The van der Waals surface area contributed by atoms with Crippen LogP contribution in [-0.4, -0.2) is 56.8 Å². The minimum Gasteiger partial charge on any atom is -0.305 e. The highest BCUT2D eigenvalue weighted by molar-refractivity contribution is 6.07. The Morgan fingerprint density at radius 3 is 2.32 bits per heavy atom. The normalized spacial score (nSPS) is 19.1. The number of carbonyl (C=O) groups excluding carboxylic acids is 2. The van der Waals surface area contributed by atoms with Crippen molar-refractivity contribution in [3.63, 3.8) is 0 Å². The monoisotopic (exact) mass is 420 g/mol. The van der Waals surface area contributed by atoms with Crippen LogP contribution < -0.4 is 0 Å². The smallest absolute Gasteiger partial charge is 0.305 e. The Kier molecular flexibility index (Phi) is 6.37. The second-order valence-corrected chi connectivity index (χ2v) is 9.12. The van der Waals surface area contributed by atoms with Crippen LogP contribution in [0.15, 0.2) is 54.7 Å². The summed E-state index contributed by atoms with van der Waals surface area (Å²) in [5.41, 5.74) is 1.02. The number of imide groups is 1. The molecule has 2 fully saturated rings. The van der Waals surface area contributed by atoms with Gasteiger partial charge in [-0.25, -0.2) is 4.79 Å². The number of aromatic nitrogens is 1. The van der Waals surface area contributed by atoms with E-state index in [9.17, 15) is 9.59 Å². The minimum atomic E-state index is -0.754. The standard InChI is InChI=1S/C25H32N4O2/c1-20(2)11-15-27-16-12-25(13-17-27)23(30)28(19-22-10-6-7-14-26-22)24(31)29(25)18-21-8-4-3-5-9-21/h3-10,14,20H,11-13,15-19H2,1-2H3. The van der Waals surface area contributed by atoms with Gasteiger partial charge >= 0.3 is 6.03 Å². The van der Waals surface area contributed by atoms with Crippen LogP contribution in [0.4, 0.5) is 4.79 Å². The SMILES string of the molecule is CC(C)CCN1CCC2(CC1)C(=O)N(Cc1ccccn1)C(=O)N2Cc1ccccc1. The van der Waals surface area contributed by atoms with Crippen molar-refractivity contribution in [2.24, 2.45) is 5.92 Å². The van der Waals surface area contributed by atoms with E-state index in [1.54, 1.807) is 6.20 Å². The van der Waals surface area contributed by atoms with Gasteiger partial charge in [-0.05, 0) is 49.4 Å². The van der Waals surface area contributed by atoms with Gasteiger partial charge in [0, 0.05) is 25.8 Å². The number of piperidine rings is 1. The number of hydrogen-bond donors (Lipinski definition) is 0. The first-order valence-corrected chi connectivity index (χ1v) is 11.3. The third kappa shape index (κ3) is 4.49. The van der Waals surface area contributed by atoms with E-state index in [0.29, 0.717) is 25.3 Å². The van der Waals surface area contributed by atoms with Gasteiger partial charge in [-0.1, -0.05) is 50.2 Å². The van der Waals surface area contributed by atoms with Gasteiger partial charge in [0.1, 0.15) is 5.54 Å². The summed E-state index contributed by atoms with van der Waals surface area (Å²) in [7, 11) is 0. The Balaban J connectivity index is 1.57. The van der Waals surface area contributed by atoms with Crippen molar-refractivity contribution in [2.75, 3.05) is 19.6 Å². The zero-order chi connectivity index (χ0) is 21.8. The molecule has 2 saturated heterocycles. The summed E-state index contributed by atoms with van der Waals surface area (Å²) in [4.78, 5) is 37.2. The lowest BCUT2D eigenvalue weighted by atomic mass is 9.85. The second-order valence-electron chi connectivity index (χ2n) is 9.12. The van der Waals surface area contributed by atoms with Crippen LogP contribution in [0.3, 0.4) is 0 Å². The van der Waals surface area contributed by atoms with E-state index < -0.39 is 5.54 Å². The van der Waals surface area contributed by atoms with Crippen LogP contribution in [0.25, 0.3) is 0 Å². The van der Waals surface area contributed by atoms with Crippen LogP contribution in [0.2, 0.25) is 0 Å². The number of amides is 3. The average Bonchev–Trinajstić information content (AvgIpc) is 2.97. The maximum absolute atomic E-state index is 13.7. The molecule has 2 aliphatic rings. The third-order valence-corrected chi connectivity index (χ3v) is 6.56. The maximum atomic E-state index is 13.7. The Labute approximate surface area is 184 Å². The molecule has 6 heteroatoms. The molecule has 0 aliphatic carbocycles. The van der Waals surface area contributed by atoms with E-state index in [-0.39, 0.29) is 18.5 Å². The molecule has 3 heterocycles. The fourth-order valence-electron chi connectivity index (χ4n) is 4.63. The predicted molar refractivity (Wildman–Crippen MR) is 120 cm³/mol. The van der Waals surface area contributed by atoms with Crippen LogP contribution in [0.5, 0.6) is 0 Å². The van der Waals surface area contributed by atoms with Gasteiger partial charge < -0.3 is 9.80 Å². The lowest BCUT2D eigenvalue weighted by molar-refractivity contribution is -0.136. The quantitative estimate of drug-likeness (QED) is 0.637. The summed E-state index contributed by atoms with van der Waals surface area (Å²) in [6.07, 6.45) is 4.22. The first kappa shape index (κ1) is 21.5. The van der Waals surface area contributed by atoms with Gasteiger partial charge in [0.05, 0.1) is 12.2 Å².